The lowest BCUT2D eigenvalue weighted by Gasteiger charge is -2.20. The number of fused-ring (bicyclic) bond motifs is 1. The van der Waals surface area contributed by atoms with E-state index in [2.05, 4.69) is 5.32 Å². The fourth-order valence-electron chi connectivity index (χ4n) is 2.59. The lowest BCUT2D eigenvalue weighted by molar-refractivity contribution is -0.119. The molecule has 0 spiro atoms. The fourth-order valence-corrected chi connectivity index (χ4v) is 2.59. The molecule has 2 rings (SSSR count). The van der Waals surface area contributed by atoms with Gasteiger partial charge in [0.05, 0.1) is 11.6 Å². The van der Waals surface area contributed by atoms with Gasteiger partial charge >= 0.3 is 6.09 Å². The van der Waals surface area contributed by atoms with E-state index in [-0.39, 0.29) is 18.9 Å². The van der Waals surface area contributed by atoms with Gasteiger partial charge in [0.15, 0.2) is 0 Å². The molecule has 2 atom stereocenters. The molecular formula is C19H26N2O5. The van der Waals surface area contributed by atoms with Crippen molar-refractivity contribution in [3.8, 4) is 0 Å². The molecule has 1 heterocycles. The Kier molecular flexibility index (Phi) is 6.05. The minimum atomic E-state index is -1.09. The van der Waals surface area contributed by atoms with Crippen LogP contribution in [0.1, 0.15) is 45.8 Å². The second-order valence-electron chi connectivity index (χ2n) is 7.27. The lowest BCUT2D eigenvalue weighted by atomic mass is 10.0. The average Bonchev–Trinajstić information content (AvgIpc) is 2.95. The first kappa shape index (κ1) is 19.9. The standard InChI is InChI=1S/C19H26N2O5/c1-12(22)20-9-7-16(23)17(24)14-5-6-15-13(11-14)8-10-21(15)18(25)26-19(2,3)4/h5-6,8,10-11,16-17,23-24H,7,9H2,1-4H3,(H,20,22). The molecule has 0 aliphatic heterocycles. The average molecular weight is 362 g/mol. The highest BCUT2D eigenvalue weighted by molar-refractivity contribution is 5.90. The zero-order valence-corrected chi connectivity index (χ0v) is 15.5. The Labute approximate surface area is 152 Å². The van der Waals surface area contributed by atoms with Crippen molar-refractivity contribution in [1.29, 1.82) is 0 Å². The van der Waals surface area contributed by atoms with E-state index in [0.717, 1.165) is 5.39 Å². The van der Waals surface area contributed by atoms with Crippen LogP contribution in [0.3, 0.4) is 0 Å². The van der Waals surface area contributed by atoms with Gasteiger partial charge in [-0.3, -0.25) is 9.36 Å². The molecule has 0 bridgehead atoms. The van der Waals surface area contributed by atoms with Crippen molar-refractivity contribution in [2.75, 3.05) is 6.54 Å². The van der Waals surface area contributed by atoms with Gasteiger partial charge in [-0.2, -0.15) is 0 Å². The van der Waals surface area contributed by atoms with Gasteiger partial charge < -0.3 is 20.3 Å². The topological polar surface area (TPSA) is 101 Å². The smallest absolute Gasteiger partial charge is 0.418 e. The van der Waals surface area contributed by atoms with Crippen LogP contribution in [0.2, 0.25) is 0 Å². The van der Waals surface area contributed by atoms with Crippen LogP contribution in [-0.4, -0.2) is 45.0 Å². The fraction of sp³-hybridized carbons (Fsp3) is 0.474. The van der Waals surface area contributed by atoms with Crippen molar-refractivity contribution in [2.24, 2.45) is 0 Å². The first-order valence-corrected chi connectivity index (χ1v) is 8.53. The molecule has 2 aromatic rings. The minimum absolute atomic E-state index is 0.184. The molecule has 1 amide bonds. The molecular weight excluding hydrogens is 336 g/mol. The third-order valence-corrected chi connectivity index (χ3v) is 3.82. The summed E-state index contributed by atoms with van der Waals surface area (Å²) in [6.07, 6.45) is -0.721. The second-order valence-corrected chi connectivity index (χ2v) is 7.27. The number of hydrogen-bond donors (Lipinski definition) is 3. The molecule has 7 heteroatoms. The van der Waals surface area contributed by atoms with Gasteiger partial charge in [0, 0.05) is 25.1 Å². The monoisotopic (exact) mass is 362 g/mol. The van der Waals surface area contributed by atoms with Gasteiger partial charge in [0.1, 0.15) is 11.7 Å². The van der Waals surface area contributed by atoms with Crippen molar-refractivity contribution >= 4 is 22.9 Å². The van der Waals surface area contributed by atoms with E-state index in [1.54, 1.807) is 51.2 Å². The van der Waals surface area contributed by atoms with Crippen molar-refractivity contribution in [3.63, 3.8) is 0 Å². The number of nitrogens with zero attached hydrogens (tertiary/aromatic N) is 1. The molecule has 0 saturated carbocycles. The van der Waals surface area contributed by atoms with E-state index >= 15 is 0 Å². The van der Waals surface area contributed by atoms with Crippen molar-refractivity contribution < 1.29 is 24.5 Å². The van der Waals surface area contributed by atoms with Gasteiger partial charge in [-0.25, -0.2) is 4.79 Å². The summed E-state index contributed by atoms with van der Waals surface area (Å²) in [7, 11) is 0. The molecule has 3 N–H and O–H groups in total. The van der Waals surface area contributed by atoms with E-state index in [0.29, 0.717) is 11.1 Å². The number of hydrogen-bond acceptors (Lipinski definition) is 5. The number of nitrogens with one attached hydrogen (secondary N) is 1. The molecule has 1 aromatic heterocycles. The van der Waals surface area contributed by atoms with E-state index in [4.69, 9.17) is 4.74 Å². The highest BCUT2D eigenvalue weighted by atomic mass is 16.6. The predicted octanol–water partition coefficient (Wildman–Crippen LogP) is 2.34. The molecule has 0 saturated heterocycles. The number of aliphatic hydroxyl groups is 2. The third kappa shape index (κ3) is 5.06. The first-order chi connectivity index (χ1) is 12.1. The quantitative estimate of drug-likeness (QED) is 0.758. The number of aromatic nitrogens is 1. The Hall–Kier alpha value is -2.38. The van der Waals surface area contributed by atoms with E-state index < -0.39 is 23.9 Å². The van der Waals surface area contributed by atoms with Crippen LogP contribution in [0.15, 0.2) is 30.5 Å². The van der Waals surface area contributed by atoms with Crippen LogP contribution in [0, 0.1) is 0 Å². The summed E-state index contributed by atoms with van der Waals surface area (Å²) < 4.78 is 6.78. The highest BCUT2D eigenvalue weighted by Crippen LogP contribution is 2.25. The van der Waals surface area contributed by atoms with E-state index in [9.17, 15) is 19.8 Å². The van der Waals surface area contributed by atoms with Crippen LogP contribution >= 0.6 is 0 Å². The Morgan fingerprint density at radius 2 is 1.92 bits per heavy atom. The van der Waals surface area contributed by atoms with Crippen LogP contribution < -0.4 is 5.32 Å². The molecule has 1 aromatic carbocycles. The lowest BCUT2D eigenvalue weighted by Crippen LogP contribution is -2.27. The Morgan fingerprint density at radius 1 is 1.23 bits per heavy atom. The SMILES string of the molecule is CC(=O)NCCC(O)C(O)c1ccc2c(ccn2C(=O)OC(C)(C)C)c1. The van der Waals surface area contributed by atoms with Crippen LogP contribution in [0.5, 0.6) is 0 Å². The van der Waals surface area contributed by atoms with Gasteiger partial charge in [-0.1, -0.05) is 6.07 Å². The summed E-state index contributed by atoms with van der Waals surface area (Å²) in [6.45, 7) is 7.07. The zero-order valence-electron chi connectivity index (χ0n) is 15.5. The second kappa shape index (κ2) is 7.88. The maximum Gasteiger partial charge on any atom is 0.418 e. The summed E-state index contributed by atoms with van der Waals surface area (Å²) in [5, 5.41) is 23.8. The highest BCUT2D eigenvalue weighted by Gasteiger charge is 2.21. The third-order valence-electron chi connectivity index (χ3n) is 3.82. The summed E-state index contributed by atoms with van der Waals surface area (Å²) in [6, 6.07) is 6.84. The van der Waals surface area contributed by atoms with Crippen molar-refractivity contribution in [2.45, 2.75) is 51.9 Å². The van der Waals surface area contributed by atoms with E-state index in [1.807, 2.05) is 0 Å². The van der Waals surface area contributed by atoms with Crippen molar-refractivity contribution in [3.05, 3.63) is 36.0 Å². The van der Waals surface area contributed by atoms with Gasteiger partial charge in [-0.05, 0) is 51.0 Å². The summed E-state index contributed by atoms with van der Waals surface area (Å²) in [4.78, 5) is 23.1. The largest absolute Gasteiger partial charge is 0.443 e. The summed E-state index contributed by atoms with van der Waals surface area (Å²) in [5.74, 6) is -0.184. The number of ether oxygens (including phenoxy) is 1. The molecule has 26 heavy (non-hydrogen) atoms. The van der Waals surface area contributed by atoms with E-state index in [1.165, 1.54) is 11.5 Å². The van der Waals surface area contributed by atoms with Gasteiger partial charge in [0.2, 0.25) is 5.91 Å². The number of rotatable bonds is 5. The molecule has 7 nitrogen and oxygen atoms in total. The number of aliphatic hydroxyl groups excluding tert-OH is 2. The minimum Gasteiger partial charge on any atom is -0.443 e. The maximum absolute atomic E-state index is 12.3. The normalized spacial score (nSPS) is 14.1. The first-order valence-electron chi connectivity index (χ1n) is 8.53. The molecule has 0 radical (unpaired) electrons. The van der Waals surface area contributed by atoms with Crippen LogP contribution in [0.25, 0.3) is 10.9 Å². The number of carbonyl (C=O) groups excluding carboxylic acids is 2. The summed E-state index contributed by atoms with van der Waals surface area (Å²) in [5.41, 5.74) is 0.597. The summed E-state index contributed by atoms with van der Waals surface area (Å²) >= 11 is 0. The zero-order chi connectivity index (χ0) is 19.5. The van der Waals surface area contributed by atoms with Crippen LogP contribution in [0.4, 0.5) is 4.79 Å². The Bertz CT molecular complexity index is 791. The van der Waals surface area contributed by atoms with Gasteiger partial charge in [-0.15, -0.1) is 0 Å². The molecule has 0 aliphatic carbocycles. The molecule has 0 aliphatic rings. The molecule has 2 unspecified atom stereocenters. The number of amides is 1. The predicted molar refractivity (Wildman–Crippen MR) is 97.8 cm³/mol. The molecule has 0 fully saturated rings. The maximum atomic E-state index is 12.3. The Morgan fingerprint density at radius 3 is 2.54 bits per heavy atom. The number of benzene rings is 1. The number of carbonyl (C=O) groups is 2. The van der Waals surface area contributed by atoms with Crippen LogP contribution in [-0.2, 0) is 9.53 Å². The molecule has 142 valence electrons. The Balaban J connectivity index is 2.14. The van der Waals surface area contributed by atoms with Crippen molar-refractivity contribution in [1.82, 2.24) is 9.88 Å². The van der Waals surface area contributed by atoms with Gasteiger partial charge in [0.25, 0.3) is 0 Å².